The van der Waals surface area contributed by atoms with Gasteiger partial charge in [0.15, 0.2) is 5.82 Å². The number of thioether (sulfide) groups is 1. The molecular formula is C22H25N7OS. The third-order valence-corrected chi connectivity index (χ3v) is 7.15. The van der Waals surface area contributed by atoms with Crippen molar-refractivity contribution in [3.8, 4) is 11.5 Å². The van der Waals surface area contributed by atoms with Gasteiger partial charge in [0.2, 0.25) is 5.91 Å². The summed E-state index contributed by atoms with van der Waals surface area (Å²) in [4.78, 5) is 22.5. The van der Waals surface area contributed by atoms with Gasteiger partial charge in [0.25, 0.3) is 0 Å². The van der Waals surface area contributed by atoms with Crippen LogP contribution in [-0.2, 0) is 4.79 Å². The summed E-state index contributed by atoms with van der Waals surface area (Å²) in [6.07, 6.45) is 10.0. The number of imidazole rings is 1. The first-order valence-electron chi connectivity index (χ1n) is 10.5. The number of aromatic nitrogens is 6. The zero-order valence-corrected chi connectivity index (χ0v) is 18.6. The van der Waals surface area contributed by atoms with Crippen LogP contribution in [0, 0.1) is 5.41 Å². The van der Waals surface area contributed by atoms with E-state index in [4.69, 9.17) is 0 Å². The highest BCUT2D eigenvalue weighted by Crippen LogP contribution is 2.49. The summed E-state index contributed by atoms with van der Waals surface area (Å²) in [5.74, 6) is 1.66. The van der Waals surface area contributed by atoms with Crippen LogP contribution < -0.4 is 5.32 Å². The molecule has 2 aliphatic rings. The van der Waals surface area contributed by atoms with E-state index in [1.807, 2.05) is 41.4 Å². The van der Waals surface area contributed by atoms with Crippen molar-refractivity contribution in [2.45, 2.75) is 50.9 Å². The molecule has 0 saturated heterocycles. The number of carbonyl (C=O) groups excluding carboxylic acids is 1. The molecule has 0 aromatic carbocycles. The Bertz CT molecular complexity index is 1150. The van der Waals surface area contributed by atoms with Gasteiger partial charge in [-0.25, -0.2) is 9.97 Å². The molecule has 0 spiro atoms. The van der Waals surface area contributed by atoms with Crippen LogP contribution in [0.5, 0.6) is 0 Å². The van der Waals surface area contributed by atoms with E-state index in [0.29, 0.717) is 23.3 Å². The zero-order chi connectivity index (χ0) is 21.6. The summed E-state index contributed by atoms with van der Waals surface area (Å²) in [5.41, 5.74) is 1.08. The maximum absolute atomic E-state index is 13.4. The van der Waals surface area contributed by atoms with Gasteiger partial charge >= 0.3 is 0 Å². The van der Waals surface area contributed by atoms with Crippen molar-refractivity contribution in [1.82, 2.24) is 29.3 Å². The van der Waals surface area contributed by atoms with Crippen molar-refractivity contribution < 1.29 is 4.79 Å². The first kappa shape index (κ1) is 20.0. The van der Waals surface area contributed by atoms with Crippen LogP contribution in [-0.4, -0.2) is 35.2 Å². The van der Waals surface area contributed by atoms with E-state index in [1.165, 1.54) is 12.8 Å². The Hall–Kier alpha value is -2.94. The predicted octanol–water partition coefficient (Wildman–Crippen LogP) is 4.40. The molecule has 3 aromatic rings. The Balaban J connectivity index is 1.37. The Morgan fingerprint density at radius 2 is 2.13 bits per heavy atom. The van der Waals surface area contributed by atoms with Crippen LogP contribution in [0.2, 0.25) is 0 Å². The molecule has 0 bridgehead atoms. The molecule has 1 fully saturated rings. The van der Waals surface area contributed by atoms with Crippen molar-refractivity contribution in [2.75, 3.05) is 5.32 Å². The number of nitrogens with one attached hydrogen (secondary N) is 1. The van der Waals surface area contributed by atoms with Gasteiger partial charge in [0, 0.05) is 18.2 Å². The second-order valence-corrected chi connectivity index (χ2v) is 9.60. The van der Waals surface area contributed by atoms with Gasteiger partial charge < -0.3 is 14.5 Å². The minimum atomic E-state index is -0.720. The predicted molar refractivity (Wildman–Crippen MR) is 120 cm³/mol. The normalized spacial score (nSPS) is 22.9. The number of amides is 1. The fourth-order valence-electron chi connectivity index (χ4n) is 3.80. The van der Waals surface area contributed by atoms with E-state index in [9.17, 15) is 4.79 Å². The summed E-state index contributed by atoms with van der Waals surface area (Å²) < 4.78 is 4.02. The summed E-state index contributed by atoms with van der Waals surface area (Å²) in [7, 11) is 0. The Kier molecular flexibility index (Phi) is 4.92. The second-order valence-electron chi connectivity index (χ2n) is 8.61. The molecule has 2 unspecified atom stereocenters. The van der Waals surface area contributed by atoms with E-state index in [0.717, 1.165) is 5.69 Å². The Morgan fingerprint density at radius 1 is 1.29 bits per heavy atom. The fourth-order valence-corrected chi connectivity index (χ4v) is 5.04. The van der Waals surface area contributed by atoms with Gasteiger partial charge in [-0.3, -0.25) is 4.79 Å². The smallest absolute Gasteiger partial charge is 0.238 e. The molecule has 3 aromatic heterocycles. The van der Waals surface area contributed by atoms with Gasteiger partial charge in [-0.2, -0.15) is 0 Å². The van der Waals surface area contributed by atoms with E-state index in [-0.39, 0.29) is 17.3 Å². The molecule has 9 heteroatoms. The lowest BCUT2D eigenvalue weighted by Crippen LogP contribution is -2.36. The number of nitrogens with zero attached hydrogens (tertiary/aromatic N) is 6. The Labute approximate surface area is 185 Å². The van der Waals surface area contributed by atoms with Crippen LogP contribution in [0.3, 0.4) is 0 Å². The maximum Gasteiger partial charge on any atom is 0.238 e. The van der Waals surface area contributed by atoms with Crippen molar-refractivity contribution in [3.63, 3.8) is 0 Å². The SMILES string of the molecule is CC(C)n1cnnc1-c1cccc(NC(=O)C2(C)C=CSC2n2cnc(C3CC3)c2)n1. The van der Waals surface area contributed by atoms with Crippen molar-refractivity contribution >= 4 is 23.5 Å². The third kappa shape index (κ3) is 3.67. The number of anilines is 1. The molecular weight excluding hydrogens is 410 g/mol. The van der Waals surface area contributed by atoms with Gasteiger partial charge in [-0.1, -0.05) is 12.1 Å². The van der Waals surface area contributed by atoms with Crippen LogP contribution in [0.4, 0.5) is 5.82 Å². The minimum Gasteiger partial charge on any atom is -0.323 e. The number of hydrogen-bond acceptors (Lipinski definition) is 6. The first-order chi connectivity index (χ1) is 15.0. The van der Waals surface area contributed by atoms with Crippen molar-refractivity contribution in [3.05, 3.63) is 54.2 Å². The Morgan fingerprint density at radius 3 is 2.90 bits per heavy atom. The lowest BCUT2D eigenvalue weighted by atomic mass is 9.89. The number of pyridine rings is 1. The molecule has 0 radical (unpaired) electrons. The van der Waals surface area contributed by atoms with Gasteiger partial charge in [-0.15, -0.1) is 22.0 Å². The lowest BCUT2D eigenvalue weighted by molar-refractivity contribution is -0.123. The molecule has 8 nitrogen and oxygen atoms in total. The topological polar surface area (TPSA) is 90.5 Å². The van der Waals surface area contributed by atoms with Gasteiger partial charge in [0.05, 0.1) is 17.4 Å². The van der Waals surface area contributed by atoms with E-state index >= 15 is 0 Å². The van der Waals surface area contributed by atoms with E-state index < -0.39 is 5.41 Å². The zero-order valence-electron chi connectivity index (χ0n) is 17.8. The molecule has 1 aliphatic carbocycles. The highest BCUT2D eigenvalue weighted by atomic mass is 32.2. The molecule has 1 aliphatic heterocycles. The first-order valence-corrected chi connectivity index (χ1v) is 11.4. The third-order valence-electron chi connectivity index (χ3n) is 5.86. The minimum absolute atomic E-state index is 0.0836. The maximum atomic E-state index is 13.4. The molecule has 1 saturated carbocycles. The van der Waals surface area contributed by atoms with Crippen molar-refractivity contribution in [2.24, 2.45) is 5.41 Å². The quantitative estimate of drug-likeness (QED) is 0.617. The van der Waals surface area contributed by atoms with Crippen molar-refractivity contribution in [1.29, 1.82) is 0 Å². The largest absolute Gasteiger partial charge is 0.323 e. The summed E-state index contributed by atoms with van der Waals surface area (Å²) >= 11 is 1.63. The van der Waals surface area contributed by atoms with Gasteiger partial charge in [0.1, 0.15) is 23.2 Å². The average molecular weight is 436 g/mol. The van der Waals surface area contributed by atoms with E-state index in [1.54, 1.807) is 24.2 Å². The molecule has 4 heterocycles. The van der Waals surface area contributed by atoms with Crippen LogP contribution in [0.25, 0.3) is 11.5 Å². The standard InChI is InChI=1S/C22H25N7OS/c1-14(2)29-13-24-27-19(29)16-5-4-6-18(25-16)26-20(30)22(3)9-10-31-21(22)28-11-17(23-12-28)15-7-8-15/h4-6,9-15,21H,7-8H2,1-3H3,(H,25,26,30). The molecule has 5 rings (SSSR count). The molecule has 31 heavy (non-hydrogen) atoms. The van der Waals surface area contributed by atoms with Crippen LogP contribution in [0.15, 0.2) is 48.5 Å². The van der Waals surface area contributed by atoms with Crippen LogP contribution >= 0.6 is 11.8 Å². The summed E-state index contributed by atoms with van der Waals surface area (Å²) in [6.45, 7) is 6.09. The molecule has 160 valence electrons. The van der Waals surface area contributed by atoms with Crippen LogP contribution in [0.1, 0.15) is 56.6 Å². The average Bonchev–Trinajstić information content (AvgIpc) is 3.16. The highest BCUT2D eigenvalue weighted by Gasteiger charge is 2.44. The number of hydrogen-bond donors (Lipinski definition) is 1. The van der Waals surface area contributed by atoms with E-state index in [2.05, 4.69) is 50.1 Å². The molecule has 2 atom stereocenters. The monoisotopic (exact) mass is 435 g/mol. The summed E-state index contributed by atoms with van der Waals surface area (Å²) in [5, 5.41) is 13.1. The lowest BCUT2D eigenvalue weighted by Gasteiger charge is -2.29. The fraction of sp³-hybridized carbons (Fsp3) is 0.409. The second kappa shape index (κ2) is 7.64. The summed E-state index contributed by atoms with van der Waals surface area (Å²) in [6, 6.07) is 5.75. The van der Waals surface area contributed by atoms with Gasteiger partial charge in [-0.05, 0) is 51.2 Å². The highest BCUT2D eigenvalue weighted by molar-refractivity contribution is 8.02. The number of carbonyl (C=O) groups is 1. The molecule has 1 N–H and O–H groups in total. The molecule has 1 amide bonds. The number of rotatable bonds is 6.